The minimum Gasteiger partial charge on any atom is -0.381 e. The fourth-order valence-corrected chi connectivity index (χ4v) is 2.23. The lowest BCUT2D eigenvalue weighted by molar-refractivity contribution is 0.0586. The Bertz CT molecular complexity index is 423. The van der Waals surface area contributed by atoms with E-state index in [0.717, 1.165) is 18.4 Å². The van der Waals surface area contributed by atoms with Crippen LogP contribution in [0.1, 0.15) is 24.4 Å². The molecule has 17 heavy (non-hydrogen) atoms. The van der Waals surface area contributed by atoms with Gasteiger partial charge in [0, 0.05) is 13.2 Å². The Morgan fingerprint density at radius 2 is 2.18 bits per heavy atom. The molecule has 4 heteroatoms. The van der Waals surface area contributed by atoms with Gasteiger partial charge in [-0.3, -0.25) is 0 Å². The van der Waals surface area contributed by atoms with E-state index in [1.54, 1.807) is 18.2 Å². The van der Waals surface area contributed by atoms with Crippen molar-refractivity contribution in [3.05, 3.63) is 35.6 Å². The maximum Gasteiger partial charge on any atom is 0.235 e. The van der Waals surface area contributed by atoms with E-state index < -0.39 is 0 Å². The molecule has 1 aromatic carbocycles. The van der Waals surface area contributed by atoms with Gasteiger partial charge in [0.2, 0.25) is 6.08 Å². The third kappa shape index (κ3) is 2.99. The van der Waals surface area contributed by atoms with Gasteiger partial charge in [-0.2, -0.15) is 4.99 Å². The number of benzene rings is 1. The SMILES string of the molecule is O=C=NC(c1cccc(F)c1)C1CCOCC1. The molecule has 0 spiro atoms. The summed E-state index contributed by atoms with van der Waals surface area (Å²) in [6.45, 7) is 1.34. The number of ether oxygens (including phenoxy) is 1. The zero-order valence-corrected chi connectivity index (χ0v) is 9.43. The van der Waals surface area contributed by atoms with Crippen LogP contribution < -0.4 is 0 Å². The van der Waals surface area contributed by atoms with Crippen LogP contribution in [0.2, 0.25) is 0 Å². The molecule has 3 nitrogen and oxygen atoms in total. The lowest BCUT2D eigenvalue weighted by Gasteiger charge is -2.27. The standard InChI is InChI=1S/C13H14FNO2/c14-12-3-1-2-11(8-12)13(15-9-16)10-4-6-17-7-5-10/h1-3,8,10,13H,4-7H2. The smallest absolute Gasteiger partial charge is 0.235 e. The number of isocyanates is 1. The van der Waals surface area contributed by atoms with Gasteiger partial charge in [-0.15, -0.1) is 0 Å². The van der Waals surface area contributed by atoms with Crippen molar-refractivity contribution >= 4 is 6.08 Å². The molecule has 0 aliphatic carbocycles. The molecule has 1 aromatic rings. The normalized spacial score (nSPS) is 18.4. The fraction of sp³-hybridized carbons (Fsp3) is 0.462. The second-order valence-electron chi connectivity index (χ2n) is 4.17. The van der Waals surface area contributed by atoms with Crippen LogP contribution in [0.15, 0.2) is 29.3 Å². The Labute approximate surface area is 99.3 Å². The van der Waals surface area contributed by atoms with Crippen molar-refractivity contribution < 1.29 is 13.9 Å². The Morgan fingerprint density at radius 1 is 1.41 bits per heavy atom. The summed E-state index contributed by atoms with van der Waals surface area (Å²) in [7, 11) is 0. The van der Waals surface area contributed by atoms with Gasteiger partial charge in [-0.25, -0.2) is 9.18 Å². The lowest BCUT2D eigenvalue weighted by Crippen LogP contribution is -2.21. The van der Waals surface area contributed by atoms with Crippen LogP contribution in [-0.4, -0.2) is 19.3 Å². The predicted molar refractivity (Wildman–Crippen MR) is 60.8 cm³/mol. The van der Waals surface area contributed by atoms with Gasteiger partial charge >= 0.3 is 0 Å². The first-order valence-electron chi connectivity index (χ1n) is 5.71. The summed E-state index contributed by atoms with van der Waals surface area (Å²) in [5.41, 5.74) is 0.736. The largest absolute Gasteiger partial charge is 0.381 e. The maximum absolute atomic E-state index is 13.2. The van der Waals surface area contributed by atoms with Crippen LogP contribution in [0.25, 0.3) is 0 Å². The number of hydrogen-bond acceptors (Lipinski definition) is 3. The van der Waals surface area contributed by atoms with E-state index in [1.807, 2.05) is 0 Å². The maximum atomic E-state index is 13.2. The Kier molecular flexibility index (Phi) is 4.02. The van der Waals surface area contributed by atoms with Crippen molar-refractivity contribution in [2.24, 2.45) is 10.9 Å². The number of nitrogens with zero attached hydrogens (tertiary/aromatic N) is 1. The van der Waals surface area contributed by atoms with Crippen LogP contribution >= 0.6 is 0 Å². The molecule has 1 atom stereocenters. The number of aliphatic imine (C=N–C) groups is 1. The van der Waals surface area contributed by atoms with E-state index in [9.17, 15) is 9.18 Å². The Hall–Kier alpha value is -1.51. The number of halogens is 1. The average Bonchev–Trinajstić information content (AvgIpc) is 2.37. The summed E-state index contributed by atoms with van der Waals surface area (Å²) >= 11 is 0. The molecule has 90 valence electrons. The van der Waals surface area contributed by atoms with Crippen LogP contribution in [0.3, 0.4) is 0 Å². The molecule has 1 aliphatic heterocycles. The zero-order valence-electron chi connectivity index (χ0n) is 9.43. The molecule has 0 aromatic heterocycles. The topological polar surface area (TPSA) is 38.7 Å². The third-order valence-electron chi connectivity index (χ3n) is 3.09. The summed E-state index contributed by atoms with van der Waals surface area (Å²) in [5.74, 6) is -0.0762. The molecule has 0 radical (unpaired) electrons. The highest BCUT2D eigenvalue weighted by Crippen LogP contribution is 2.33. The quantitative estimate of drug-likeness (QED) is 0.596. The molecule has 1 unspecified atom stereocenters. The van der Waals surface area contributed by atoms with E-state index in [-0.39, 0.29) is 17.8 Å². The van der Waals surface area contributed by atoms with Gasteiger partial charge in [0.05, 0.1) is 6.04 Å². The molecule has 1 heterocycles. The molecule has 2 rings (SSSR count). The van der Waals surface area contributed by atoms with Crippen molar-refractivity contribution in [1.29, 1.82) is 0 Å². The molecule has 1 saturated heterocycles. The van der Waals surface area contributed by atoms with Crippen LogP contribution in [0.5, 0.6) is 0 Å². The predicted octanol–water partition coefficient (Wildman–Crippen LogP) is 2.63. The molecular weight excluding hydrogens is 221 g/mol. The second kappa shape index (κ2) is 5.71. The van der Waals surface area contributed by atoms with Gasteiger partial charge in [0.25, 0.3) is 0 Å². The summed E-state index contributed by atoms with van der Waals surface area (Å²) < 4.78 is 18.4. The second-order valence-corrected chi connectivity index (χ2v) is 4.17. The number of hydrogen-bond donors (Lipinski definition) is 0. The minimum atomic E-state index is -0.305. The van der Waals surface area contributed by atoms with Crippen molar-refractivity contribution in [3.63, 3.8) is 0 Å². The van der Waals surface area contributed by atoms with Crippen molar-refractivity contribution in [2.45, 2.75) is 18.9 Å². The van der Waals surface area contributed by atoms with Crippen LogP contribution in [-0.2, 0) is 9.53 Å². The van der Waals surface area contributed by atoms with E-state index in [0.29, 0.717) is 13.2 Å². The van der Waals surface area contributed by atoms with E-state index >= 15 is 0 Å². The highest BCUT2D eigenvalue weighted by atomic mass is 19.1. The first-order valence-corrected chi connectivity index (χ1v) is 5.71. The summed E-state index contributed by atoms with van der Waals surface area (Å²) in [5, 5.41) is 0. The van der Waals surface area contributed by atoms with E-state index in [1.165, 1.54) is 12.1 Å². The molecule has 0 saturated carbocycles. The summed E-state index contributed by atoms with van der Waals surface area (Å²) in [6, 6.07) is 5.95. The fourth-order valence-electron chi connectivity index (χ4n) is 2.23. The van der Waals surface area contributed by atoms with Crippen molar-refractivity contribution in [1.82, 2.24) is 0 Å². The lowest BCUT2D eigenvalue weighted by atomic mass is 9.87. The van der Waals surface area contributed by atoms with Crippen LogP contribution in [0, 0.1) is 11.7 Å². The molecule has 1 fully saturated rings. The van der Waals surface area contributed by atoms with Crippen LogP contribution in [0.4, 0.5) is 4.39 Å². The average molecular weight is 235 g/mol. The Balaban J connectivity index is 2.24. The summed E-state index contributed by atoms with van der Waals surface area (Å²) in [4.78, 5) is 14.3. The first-order chi connectivity index (χ1) is 8.31. The summed E-state index contributed by atoms with van der Waals surface area (Å²) in [6.07, 6.45) is 3.27. The Morgan fingerprint density at radius 3 is 2.82 bits per heavy atom. The van der Waals surface area contributed by atoms with Gasteiger partial charge < -0.3 is 4.74 Å². The van der Waals surface area contributed by atoms with Gasteiger partial charge in [0.1, 0.15) is 5.82 Å². The van der Waals surface area contributed by atoms with Gasteiger partial charge in [0.15, 0.2) is 0 Å². The monoisotopic (exact) mass is 235 g/mol. The minimum absolute atomic E-state index is 0.229. The highest BCUT2D eigenvalue weighted by Gasteiger charge is 2.25. The number of rotatable bonds is 3. The number of carbonyl (C=O) groups excluding carboxylic acids is 1. The molecule has 0 N–H and O–H groups in total. The molecule has 1 aliphatic rings. The van der Waals surface area contributed by atoms with Crippen molar-refractivity contribution in [3.8, 4) is 0 Å². The first kappa shape index (κ1) is 12.0. The van der Waals surface area contributed by atoms with Gasteiger partial charge in [-0.1, -0.05) is 12.1 Å². The van der Waals surface area contributed by atoms with E-state index in [2.05, 4.69) is 4.99 Å². The van der Waals surface area contributed by atoms with Crippen molar-refractivity contribution in [2.75, 3.05) is 13.2 Å². The van der Waals surface area contributed by atoms with Gasteiger partial charge in [-0.05, 0) is 36.5 Å². The molecule has 0 amide bonds. The van der Waals surface area contributed by atoms with E-state index in [4.69, 9.17) is 4.74 Å². The highest BCUT2D eigenvalue weighted by molar-refractivity contribution is 5.36. The zero-order chi connectivity index (χ0) is 12.1. The molecule has 0 bridgehead atoms. The molecular formula is C13H14FNO2. The third-order valence-corrected chi connectivity index (χ3v) is 3.09.